The van der Waals surface area contributed by atoms with Gasteiger partial charge in [0.05, 0.1) is 11.9 Å². The maximum Gasteiger partial charge on any atom is 0.159 e. The quantitative estimate of drug-likeness (QED) is 0.775. The fourth-order valence-electron chi connectivity index (χ4n) is 3.94. The average Bonchev–Trinajstić information content (AvgIpc) is 3.00. The van der Waals surface area contributed by atoms with Crippen LogP contribution in [0.4, 0.5) is 5.82 Å². The molecule has 1 unspecified atom stereocenters. The van der Waals surface area contributed by atoms with E-state index >= 15 is 0 Å². The smallest absolute Gasteiger partial charge is 0.159 e. The number of hydrogen-bond acceptors (Lipinski definition) is 6. The third kappa shape index (κ3) is 3.39. The summed E-state index contributed by atoms with van der Waals surface area (Å²) < 4.78 is 1.93. The third-order valence-corrected chi connectivity index (χ3v) is 5.14. The lowest BCUT2D eigenvalue weighted by Gasteiger charge is -2.32. The number of fused-ring (bicyclic) bond motifs is 1. The van der Waals surface area contributed by atoms with E-state index in [1.165, 1.54) is 18.4 Å². The summed E-state index contributed by atoms with van der Waals surface area (Å²) in [5, 5.41) is 4.52. The van der Waals surface area contributed by atoms with E-state index in [1.807, 2.05) is 17.6 Å². The highest BCUT2D eigenvalue weighted by Crippen LogP contribution is 2.24. The van der Waals surface area contributed by atoms with E-state index in [4.69, 9.17) is 10.7 Å². The Morgan fingerprint density at radius 2 is 2.08 bits per heavy atom. The average molecular weight is 351 g/mol. The van der Waals surface area contributed by atoms with Crippen molar-refractivity contribution < 1.29 is 0 Å². The van der Waals surface area contributed by atoms with E-state index in [9.17, 15) is 0 Å². The first-order valence-corrected chi connectivity index (χ1v) is 9.18. The van der Waals surface area contributed by atoms with Crippen molar-refractivity contribution in [2.45, 2.75) is 39.7 Å². The summed E-state index contributed by atoms with van der Waals surface area (Å²) in [6, 6.07) is 2.06. The normalized spacial score (nSPS) is 18.5. The highest BCUT2D eigenvalue weighted by molar-refractivity contribution is 5.47. The number of rotatable bonds is 4. The molecule has 4 rings (SSSR count). The zero-order valence-electron chi connectivity index (χ0n) is 15.4. The summed E-state index contributed by atoms with van der Waals surface area (Å²) >= 11 is 0. The van der Waals surface area contributed by atoms with Gasteiger partial charge in [0.2, 0.25) is 0 Å². The molecule has 1 aliphatic rings. The third-order valence-electron chi connectivity index (χ3n) is 5.14. The maximum absolute atomic E-state index is 5.97. The van der Waals surface area contributed by atoms with E-state index < -0.39 is 0 Å². The van der Waals surface area contributed by atoms with Gasteiger partial charge in [0.15, 0.2) is 5.65 Å². The van der Waals surface area contributed by atoms with Gasteiger partial charge in [0.1, 0.15) is 5.82 Å². The molecule has 1 atom stereocenters. The van der Waals surface area contributed by atoms with Crippen molar-refractivity contribution in [3.8, 4) is 0 Å². The summed E-state index contributed by atoms with van der Waals surface area (Å²) in [5.41, 5.74) is 11.2. The number of aryl methyl sites for hydroxylation is 2. The number of piperidine rings is 1. The highest BCUT2D eigenvalue weighted by Gasteiger charge is 2.23. The second kappa shape index (κ2) is 6.99. The minimum Gasteiger partial charge on any atom is -0.382 e. The number of likely N-dealkylation sites (tertiary alicyclic amines) is 1. The molecular formula is C19H25N7. The maximum atomic E-state index is 5.97. The number of nitrogens with zero attached hydrogens (tertiary/aromatic N) is 6. The molecular weight excluding hydrogens is 326 g/mol. The lowest BCUT2D eigenvalue weighted by atomic mass is 9.93. The van der Waals surface area contributed by atoms with Crippen molar-refractivity contribution >= 4 is 11.5 Å². The van der Waals surface area contributed by atoms with Crippen LogP contribution in [-0.4, -0.2) is 42.6 Å². The molecule has 0 radical (unpaired) electrons. The van der Waals surface area contributed by atoms with Gasteiger partial charge in [-0.3, -0.25) is 9.88 Å². The molecule has 26 heavy (non-hydrogen) atoms. The molecule has 0 bridgehead atoms. The Morgan fingerprint density at radius 1 is 1.23 bits per heavy atom. The van der Waals surface area contributed by atoms with Crippen LogP contribution in [0.1, 0.15) is 35.5 Å². The lowest BCUT2D eigenvalue weighted by molar-refractivity contribution is 0.167. The van der Waals surface area contributed by atoms with Crippen LogP contribution in [0.5, 0.6) is 0 Å². The molecule has 0 aliphatic carbocycles. The molecule has 7 heteroatoms. The number of aromatic nitrogens is 5. The molecule has 0 amide bonds. The molecule has 2 N–H and O–H groups in total. The minimum absolute atomic E-state index is 0.557. The van der Waals surface area contributed by atoms with Gasteiger partial charge in [-0.25, -0.2) is 14.5 Å². The van der Waals surface area contributed by atoms with Crippen LogP contribution in [0.3, 0.4) is 0 Å². The van der Waals surface area contributed by atoms with Gasteiger partial charge < -0.3 is 5.73 Å². The van der Waals surface area contributed by atoms with Crippen molar-refractivity contribution in [3.63, 3.8) is 0 Å². The predicted molar refractivity (Wildman–Crippen MR) is 101 cm³/mol. The Bertz CT molecular complexity index is 917. The topological polar surface area (TPSA) is 85.2 Å². The zero-order chi connectivity index (χ0) is 18.1. The SMILES string of the molecule is Cc1cc(C)n2ncc(CN3CCCC(Cc4nccnc4N)C3)c2n1. The Kier molecular flexibility index (Phi) is 4.55. The van der Waals surface area contributed by atoms with Crippen LogP contribution in [0.15, 0.2) is 24.7 Å². The van der Waals surface area contributed by atoms with Gasteiger partial charge >= 0.3 is 0 Å². The van der Waals surface area contributed by atoms with Crippen LogP contribution in [0, 0.1) is 19.8 Å². The van der Waals surface area contributed by atoms with E-state index in [1.54, 1.807) is 12.4 Å². The Hall–Kier alpha value is -2.54. The largest absolute Gasteiger partial charge is 0.382 e. The van der Waals surface area contributed by atoms with Gasteiger partial charge in [0, 0.05) is 42.4 Å². The zero-order valence-corrected chi connectivity index (χ0v) is 15.4. The number of nitrogens with two attached hydrogens (primary N) is 1. The lowest BCUT2D eigenvalue weighted by Crippen LogP contribution is -2.36. The predicted octanol–water partition coefficient (Wildman–Crippen LogP) is 2.17. The Morgan fingerprint density at radius 3 is 2.92 bits per heavy atom. The number of hydrogen-bond donors (Lipinski definition) is 1. The van der Waals surface area contributed by atoms with Gasteiger partial charge in [-0.1, -0.05) is 0 Å². The monoisotopic (exact) mass is 351 g/mol. The number of nitrogen functional groups attached to an aromatic ring is 1. The molecule has 1 fully saturated rings. The van der Waals surface area contributed by atoms with Crippen LogP contribution in [0.2, 0.25) is 0 Å². The Balaban J connectivity index is 1.48. The standard InChI is InChI=1S/C19H25N7/c1-13-8-14(2)26-19(24-13)16(10-23-26)12-25-7-3-4-15(11-25)9-17-18(20)22-6-5-21-17/h5-6,8,10,15H,3-4,7,9,11-12H2,1-2H3,(H2,20,22). The number of anilines is 1. The van der Waals surface area contributed by atoms with Crippen LogP contribution in [-0.2, 0) is 13.0 Å². The van der Waals surface area contributed by atoms with Crippen molar-refractivity contribution in [2.75, 3.05) is 18.8 Å². The molecule has 0 aromatic carbocycles. The molecule has 7 nitrogen and oxygen atoms in total. The van der Waals surface area contributed by atoms with Crippen molar-refractivity contribution in [2.24, 2.45) is 5.92 Å². The van der Waals surface area contributed by atoms with Crippen molar-refractivity contribution in [1.29, 1.82) is 0 Å². The molecule has 3 aromatic rings. The Labute approximate surface area is 153 Å². The molecule has 1 aliphatic heterocycles. The minimum atomic E-state index is 0.557. The molecule has 0 spiro atoms. The van der Waals surface area contributed by atoms with Crippen molar-refractivity contribution in [1.82, 2.24) is 29.5 Å². The van der Waals surface area contributed by atoms with E-state index in [0.29, 0.717) is 11.7 Å². The van der Waals surface area contributed by atoms with E-state index in [0.717, 1.165) is 48.8 Å². The van der Waals surface area contributed by atoms with Crippen LogP contribution >= 0.6 is 0 Å². The van der Waals surface area contributed by atoms with E-state index in [-0.39, 0.29) is 0 Å². The van der Waals surface area contributed by atoms with Gasteiger partial charge in [-0.15, -0.1) is 0 Å². The second-order valence-corrected chi connectivity index (χ2v) is 7.28. The summed E-state index contributed by atoms with van der Waals surface area (Å²) in [4.78, 5) is 15.8. The molecule has 136 valence electrons. The molecule has 3 aromatic heterocycles. The highest BCUT2D eigenvalue weighted by atomic mass is 15.3. The summed E-state index contributed by atoms with van der Waals surface area (Å²) in [6.45, 7) is 7.13. The molecule has 1 saturated heterocycles. The summed E-state index contributed by atoms with van der Waals surface area (Å²) in [7, 11) is 0. The fourth-order valence-corrected chi connectivity index (χ4v) is 3.94. The first-order chi connectivity index (χ1) is 12.6. The fraction of sp³-hybridized carbons (Fsp3) is 0.474. The molecule has 4 heterocycles. The van der Waals surface area contributed by atoms with E-state index in [2.05, 4.69) is 33.0 Å². The van der Waals surface area contributed by atoms with Gasteiger partial charge in [0.25, 0.3) is 0 Å². The second-order valence-electron chi connectivity index (χ2n) is 7.28. The summed E-state index contributed by atoms with van der Waals surface area (Å²) in [5.74, 6) is 1.11. The first-order valence-electron chi connectivity index (χ1n) is 9.18. The van der Waals surface area contributed by atoms with Gasteiger partial charge in [-0.05, 0) is 51.6 Å². The van der Waals surface area contributed by atoms with Crippen LogP contribution in [0.25, 0.3) is 5.65 Å². The summed E-state index contributed by atoms with van der Waals surface area (Å²) in [6.07, 6.45) is 8.61. The first kappa shape index (κ1) is 16.9. The van der Waals surface area contributed by atoms with Crippen LogP contribution < -0.4 is 5.73 Å². The van der Waals surface area contributed by atoms with Crippen molar-refractivity contribution in [3.05, 3.63) is 47.3 Å². The van der Waals surface area contributed by atoms with Gasteiger partial charge in [-0.2, -0.15) is 5.10 Å². The molecule has 0 saturated carbocycles.